The van der Waals surface area contributed by atoms with E-state index < -0.39 is 0 Å². The number of rotatable bonds is 6. The van der Waals surface area contributed by atoms with Crippen LogP contribution in [0.3, 0.4) is 0 Å². The quantitative estimate of drug-likeness (QED) is 0.450. The number of nitriles is 1. The molecule has 0 atom stereocenters. The van der Waals surface area contributed by atoms with Crippen LogP contribution in [-0.2, 0) is 0 Å². The van der Waals surface area contributed by atoms with Crippen molar-refractivity contribution in [1.82, 2.24) is 15.3 Å². The summed E-state index contributed by atoms with van der Waals surface area (Å²) < 4.78 is 12.4. The zero-order valence-corrected chi connectivity index (χ0v) is 24.5. The van der Waals surface area contributed by atoms with Crippen molar-refractivity contribution in [1.29, 1.82) is 5.26 Å². The van der Waals surface area contributed by atoms with Crippen molar-refractivity contribution in [2.45, 2.75) is 103 Å². The van der Waals surface area contributed by atoms with E-state index >= 15 is 0 Å². The fourth-order valence-corrected chi connectivity index (χ4v) is 7.70. The summed E-state index contributed by atoms with van der Waals surface area (Å²) in [5.74, 6) is 0.353. The Morgan fingerprint density at radius 2 is 1.62 bits per heavy atom. The first-order valence-electron chi connectivity index (χ1n) is 14.3. The van der Waals surface area contributed by atoms with Crippen LogP contribution in [0.1, 0.15) is 95.0 Å². The van der Waals surface area contributed by atoms with Crippen molar-refractivity contribution < 1.29 is 19.4 Å². The number of amides is 1. The zero-order valence-electron chi connectivity index (χ0n) is 23.7. The number of carbonyl (C=O) groups is 1. The molecule has 8 nitrogen and oxygen atoms in total. The number of aliphatic hydroxyl groups excluding tert-OH is 1. The summed E-state index contributed by atoms with van der Waals surface area (Å²) in [6.07, 6.45) is 11.0. The Morgan fingerprint density at radius 3 is 2.20 bits per heavy atom. The van der Waals surface area contributed by atoms with Gasteiger partial charge in [-0.3, -0.25) is 4.79 Å². The van der Waals surface area contributed by atoms with Gasteiger partial charge in [-0.15, -0.1) is 0 Å². The van der Waals surface area contributed by atoms with E-state index in [1.807, 2.05) is 0 Å². The third kappa shape index (κ3) is 5.51. The average Bonchev–Trinajstić information content (AvgIpc) is 2.93. The van der Waals surface area contributed by atoms with Crippen molar-refractivity contribution in [2.24, 2.45) is 16.2 Å². The minimum Gasteiger partial charge on any atom is -0.489 e. The summed E-state index contributed by atoms with van der Waals surface area (Å²) in [6, 6.07) is 7.26. The number of aliphatic hydroxyl groups is 1. The second-order valence-corrected chi connectivity index (χ2v) is 13.5. The van der Waals surface area contributed by atoms with Gasteiger partial charge in [0, 0.05) is 35.3 Å². The number of hydrogen-bond acceptors (Lipinski definition) is 7. The van der Waals surface area contributed by atoms with E-state index in [1.54, 1.807) is 18.2 Å². The maximum absolute atomic E-state index is 13.2. The molecule has 1 amide bonds. The zero-order chi connectivity index (χ0) is 28.7. The smallest absolute Gasteiger partial charge is 0.316 e. The van der Waals surface area contributed by atoms with E-state index in [4.69, 9.17) is 26.3 Å². The molecular weight excluding hydrogens is 528 g/mol. The highest BCUT2D eigenvalue weighted by Gasteiger charge is 2.64. The Bertz CT molecular complexity index is 1260. The number of ether oxygens (including phenoxy) is 2. The molecule has 2 N–H and O–H groups in total. The Morgan fingerprint density at radius 1 is 1.02 bits per heavy atom. The molecule has 1 aromatic carbocycles. The van der Waals surface area contributed by atoms with Crippen LogP contribution < -0.4 is 14.8 Å². The fraction of sp³-hybridized carbons (Fsp3) is 0.613. The molecule has 40 heavy (non-hydrogen) atoms. The van der Waals surface area contributed by atoms with Crippen LogP contribution in [0.25, 0.3) is 0 Å². The molecule has 1 heterocycles. The van der Waals surface area contributed by atoms with Crippen molar-refractivity contribution in [3.63, 3.8) is 0 Å². The first kappa shape index (κ1) is 28.6. The summed E-state index contributed by atoms with van der Waals surface area (Å²) in [5.41, 5.74) is 0.420. The first-order valence-corrected chi connectivity index (χ1v) is 14.7. The van der Waals surface area contributed by atoms with Crippen LogP contribution in [-0.4, -0.2) is 45.3 Å². The molecule has 0 saturated heterocycles. The maximum Gasteiger partial charge on any atom is 0.316 e. The molecule has 2 aromatic rings. The van der Waals surface area contributed by atoms with Gasteiger partial charge in [0.2, 0.25) is 0 Å². The third-order valence-electron chi connectivity index (χ3n) is 9.60. The minimum absolute atomic E-state index is 0.0802. The third-order valence-corrected chi connectivity index (χ3v) is 9.91. The van der Waals surface area contributed by atoms with E-state index in [-0.39, 0.29) is 41.1 Å². The summed E-state index contributed by atoms with van der Waals surface area (Å²) in [6.45, 7) is 8.26. The van der Waals surface area contributed by atoms with E-state index in [1.165, 1.54) is 12.4 Å². The van der Waals surface area contributed by atoms with Gasteiger partial charge in [-0.1, -0.05) is 39.3 Å². The molecule has 1 aromatic heterocycles. The van der Waals surface area contributed by atoms with Crippen molar-refractivity contribution in [3.05, 3.63) is 46.7 Å². The highest BCUT2D eigenvalue weighted by molar-refractivity contribution is 6.31. The molecule has 5 rings (SSSR count). The molecule has 9 heteroatoms. The van der Waals surface area contributed by atoms with Gasteiger partial charge >= 0.3 is 6.01 Å². The normalized spacial score (nSPS) is 30.5. The van der Waals surface area contributed by atoms with E-state index in [2.05, 4.69) is 49.0 Å². The number of halogens is 1. The van der Waals surface area contributed by atoms with Crippen LogP contribution in [0.4, 0.5) is 0 Å². The van der Waals surface area contributed by atoms with Gasteiger partial charge in [-0.25, -0.2) is 9.97 Å². The summed E-state index contributed by atoms with van der Waals surface area (Å²) >= 11 is 6.19. The molecule has 3 aliphatic carbocycles. The second-order valence-electron chi connectivity index (χ2n) is 13.1. The molecule has 0 bridgehead atoms. The molecule has 3 fully saturated rings. The highest BCUT2D eigenvalue weighted by Crippen LogP contribution is 2.55. The minimum atomic E-state index is -0.363. The van der Waals surface area contributed by atoms with Crippen molar-refractivity contribution in [2.75, 3.05) is 0 Å². The predicted octanol–water partition coefficient (Wildman–Crippen LogP) is 5.86. The Hall–Kier alpha value is -2.89. The fourth-order valence-electron chi connectivity index (χ4n) is 7.49. The van der Waals surface area contributed by atoms with Crippen LogP contribution in [0.5, 0.6) is 11.8 Å². The lowest BCUT2D eigenvalue weighted by molar-refractivity contribution is -0.164. The van der Waals surface area contributed by atoms with Crippen molar-refractivity contribution in [3.8, 4) is 17.8 Å². The molecule has 3 saturated carbocycles. The number of nitrogens with zero attached hydrogens (tertiary/aromatic N) is 3. The molecule has 0 radical (unpaired) electrons. The Balaban J connectivity index is 1.15. The summed E-state index contributed by atoms with van der Waals surface area (Å²) in [5, 5.41) is 22.5. The van der Waals surface area contributed by atoms with Crippen LogP contribution in [0.15, 0.2) is 30.6 Å². The van der Waals surface area contributed by atoms with E-state index in [0.29, 0.717) is 33.3 Å². The standard InChI is InChI=1S/C31H39ClN4O4/c1-29(2)26(30(3,4)27(29)39-23-6-5-19(16-33)24(32)15-23)36-25(38)20-17-34-28(35-18-20)40-22-9-13-31(14-10-22)11-7-21(37)8-12-31/h5-6,15,17-18,21-22,26-27,37H,7-14H2,1-4H3,(H,36,38). The number of carbonyl (C=O) groups excluding carboxylic acids is 1. The molecule has 3 aliphatic rings. The molecular formula is C31H39ClN4O4. The SMILES string of the molecule is CC1(C)C(NC(=O)c2cnc(OC3CCC4(CCC(O)CC4)CC3)nc2)C(C)(C)C1Oc1ccc(C#N)c(Cl)c1. The molecule has 214 valence electrons. The molecule has 0 aliphatic heterocycles. The number of benzene rings is 1. The van der Waals surface area contributed by atoms with Crippen LogP contribution in [0, 0.1) is 27.6 Å². The Kier molecular flexibility index (Phi) is 7.75. The number of nitrogens with one attached hydrogen (secondary N) is 1. The van der Waals surface area contributed by atoms with Gasteiger partial charge in [0.25, 0.3) is 5.91 Å². The van der Waals surface area contributed by atoms with Crippen LogP contribution >= 0.6 is 11.6 Å². The van der Waals surface area contributed by atoms with Gasteiger partial charge in [0.1, 0.15) is 24.0 Å². The van der Waals surface area contributed by atoms with E-state index in [9.17, 15) is 9.90 Å². The number of aromatic nitrogens is 2. The highest BCUT2D eigenvalue weighted by atomic mass is 35.5. The summed E-state index contributed by atoms with van der Waals surface area (Å²) in [7, 11) is 0. The molecule has 0 unspecified atom stereocenters. The largest absolute Gasteiger partial charge is 0.489 e. The lowest BCUT2D eigenvalue weighted by atomic mass is 9.49. The maximum atomic E-state index is 13.2. The first-order chi connectivity index (χ1) is 18.9. The number of hydrogen-bond donors (Lipinski definition) is 2. The van der Waals surface area contributed by atoms with Gasteiger partial charge in [0.05, 0.1) is 22.3 Å². The van der Waals surface area contributed by atoms with Crippen molar-refractivity contribution >= 4 is 17.5 Å². The van der Waals surface area contributed by atoms with Gasteiger partial charge < -0.3 is 19.9 Å². The summed E-state index contributed by atoms with van der Waals surface area (Å²) in [4.78, 5) is 21.8. The van der Waals surface area contributed by atoms with Gasteiger partial charge in [-0.05, 0) is 68.9 Å². The van der Waals surface area contributed by atoms with Crippen LogP contribution in [0.2, 0.25) is 5.02 Å². The predicted molar refractivity (Wildman–Crippen MR) is 151 cm³/mol. The van der Waals surface area contributed by atoms with Gasteiger partial charge in [-0.2, -0.15) is 5.26 Å². The van der Waals surface area contributed by atoms with E-state index in [0.717, 1.165) is 51.4 Å². The topological polar surface area (TPSA) is 117 Å². The van der Waals surface area contributed by atoms with Gasteiger partial charge in [0.15, 0.2) is 0 Å². The second kappa shape index (κ2) is 10.8. The average molecular weight is 567 g/mol. The Labute approximate surface area is 241 Å². The monoisotopic (exact) mass is 566 g/mol. The lowest BCUT2D eigenvalue weighted by Crippen LogP contribution is -2.74. The lowest BCUT2D eigenvalue weighted by Gasteiger charge is -2.63. The molecule has 1 spiro atoms.